The fraction of sp³-hybridized carbons (Fsp3) is 0.200. The molecule has 0 spiro atoms. The van der Waals surface area contributed by atoms with E-state index in [1.165, 1.54) is 11.9 Å². The molecule has 0 unspecified atom stereocenters. The zero-order valence-corrected chi connectivity index (χ0v) is 16.3. The maximum atomic E-state index is 12.2. The molecule has 7 nitrogen and oxygen atoms in total. The smallest absolute Gasteiger partial charge is 0.289 e. The summed E-state index contributed by atoms with van der Waals surface area (Å²) in [6, 6.07) is 14.0. The minimum absolute atomic E-state index is 0.0556. The molecule has 1 aliphatic rings. The summed E-state index contributed by atoms with van der Waals surface area (Å²) < 4.78 is 23.1. The highest BCUT2D eigenvalue weighted by Gasteiger charge is 2.31. The van der Waals surface area contributed by atoms with Gasteiger partial charge in [-0.2, -0.15) is 0 Å². The molecule has 0 saturated carbocycles. The lowest BCUT2D eigenvalue weighted by molar-refractivity contribution is -0.126. The third-order valence-electron chi connectivity index (χ3n) is 4.50. The van der Waals surface area contributed by atoms with Gasteiger partial charge in [0.15, 0.2) is 15.6 Å². The van der Waals surface area contributed by atoms with Crippen LogP contribution in [0.5, 0.6) is 0 Å². The average molecular weight is 400 g/mol. The van der Waals surface area contributed by atoms with Crippen molar-refractivity contribution >= 4 is 21.7 Å². The highest BCUT2D eigenvalue weighted by Crippen LogP contribution is 2.22. The number of aliphatic hydroxyl groups excluding tert-OH is 1. The highest BCUT2D eigenvalue weighted by molar-refractivity contribution is 7.90. The van der Waals surface area contributed by atoms with Gasteiger partial charge >= 0.3 is 0 Å². The number of hydrogen-bond donors (Lipinski definition) is 2. The molecule has 0 aliphatic carbocycles. The number of nitrogens with zero attached hydrogens (tertiary/aromatic N) is 1. The molecule has 3 rings (SSSR count). The monoisotopic (exact) mass is 400 g/mol. The van der Waals surface area contributed by atoms with E-state index in [1.54, 1.807) is 24.3 Å². The second-order valence-corrected chi connectivity index (χ2v) is 8.68. The van der Waals surface area contributed by atoms with E-state index in [0.717, 1.165) is 22.9 Å². The van der Waals surface area contributed by atoms with E-state index in [9.17, 15) is 23.1 Å². The molecule has 0 fully saturated rings. The summed E-state index contributed by atoms with van der Waals surface area (Å²) in [7, 11) is -1.74. The number of amides is 2. The normalized spacial score (nSPS) is 14.5. The highest BCUT2D eigenvalue weighted by atomic mass is 32.2. The summed E-state index contributed by atoms with van der Waals surface area (Å²) in [4.78, 5) is 25.3. The van der Waals surface area contributed by atoms with Crippen LogP contribution in [0, 0.1) is 0 Å². The van der Waals surface area contributed by atoms with Gasteiger partial charge in [0.2, 0.25) is 0 Å². The molecule has 146 valence electrons. The van der Waals surface area contributed by atoms with Crippen LogP contribution in [0.25, 0.3) is 11.1 Å². The molecule has 2 aromatic rings. The van der Waals surface area contributed by atoms with Gasteiger partial charge in [-0.15, -0.1) is 0 Å². The lowest BCUT2D eigenvalue weighted by atomic mass is 10.0. The first-order chi connectivity index (χ1) is 13.2. The fourth-order valence-corrected chi connectivity index (χ4v) is 3.55. The van der Waals surface area contributed by atoms with Crippen LogP contribution in [0.2, 0.25) is 0 Å². The predicted octanol–water partition coefficient (Wildman–Crippen LogP) is 1.66. The first-order valence-corrected chi connectivity index (χ1v) is 10.4. The van der Waals surface area contributed by atoms with Crippen molar-refractivity contribution in [1.29, 1.82) is 0 Å². The molecule has 28 heavy (non-hydrogen) atoms. The zero-order valence-electron chi connectivity index (χ0n) is 15.5. The van der Waals surface area contributed by atoms with Gasteiger partial charge in [-0.05, 0) is 34.9 Å². The minimum atomic E-state index is -3.25. The van der Waals surface area contributed by atoms with Crippen LogP contribution in [0.1, 0.15) is 5.56 Å². The maximum Gasteiger partial charge on any atom is 0.289 e. The lowest BCUT2D eigenvalue weighted by Gasteiger charge is -2.09. The number of carbonyl (C=O) groups is 2. The average Bonchev–Trinajstić information content (AvgIpc) is 2.93. The number of aliphatic hydroxyl groups is 1. The van der Waals surface area contributed by atoms with Gasteiger partial charge in [-0.25, -0.2) is 8.42 Å². The van der Waals surface area contributed by atoms with Crippen molar-refractivity contribution in [2.24, 2.45) is 0 Å². The van der Waals surface area contributed by atoms with Gasteiger partial charge in [0.05, 0.1) is 17.0 Å². The van der Waals surface area contributed by atoms with Gasteiger partial charge in [-0.3, -0.25) is 9.59 Å². The Balaban J connectivity index is 1.72. The number of rotatable bonds is 5. The second-order valence-electron chi connectivity index (χ2n) is 6.67. The van der Waals surface area contributed by atoms with Gasteiger partial charge in [-0.1, -0.05) is 30.3 Å². The zero-order chi connectivity index (χ0) is 20.5. The van der Waals surface area contributed by atoms with Crippen LogP contribution in [-0.4, -0.2) is 50.1 Å². The number of sulfone groups is 1. The summed E-state index contributed by atoms with van der Waals surface area (Å²) in [5, 5.41) is 12.5. The van der Waals surface area contributed by atoms with Crippen LogP contribution < -0.4 is 5.32 Å². The third kappa shape index (κ3) is 4.07. The third-order valence-corrected chi connectivity index (χ3v) is 5.63. The first kappa shape index (κ1) is 19.6. The van der Waals surface area contributed by atoms with Crippen molar-refractivity contribution < 1.29 is 23.1 Å². The summed E-state index contributed by atoms with van der Waals surface area (Å²) >= 11 is 0. The van der Waals surface area contributed by atoms with E-state index in [4.69, 9.17) is 0 Å². The number of benzene rings is 2. The van der Waals surface area contributed by atoms with E-state index < -0.39 is 27.4 Å². The van der Waals surface area contributed by atoms with E-state index in [-0.39, 0.29) is 23.6 Å². The van der Waals surface area contributed by atoms with Crippen molar-refractivity contribution in [3.63, 3.8) is 0 Å². The quantitative estimate of drug-likeness (QED) is 0.794. The SMILES string of the molecule is CN1CC(C(=O)NCc2cccc(-c3ccc(S(C)(=O)=O)cc3)c2)=C(O)C1=O. The van der Waals surface area contributed by atoms with Gasteiger partial charge in [0, 0.05) is 19.8 Å². The molecule has 1 heterocycles. The Morgan fingerprint density at radius 3 is 2.39 bits per heavy atom. The predicted molar refractivity (Wildman–Crippen MR) is 104 cm³/mol. The number of carbonyl (C=O) groups excluding carboxylic acids is 2. The largest absolute Gasteiger partial charge is 0.503 e. The van der Waals surface area contributed by atoms with Crippen molar-refractivity contribution in [2.45, 2.75) is 11.4 Å². The molecule has 0 radical (unpaired) electrons. The molecular formula is C20H20N2O5S. The van der Waals surface area contributed by atoms with Crippen LogP contribution in [-0.2, 0) is 26.0 Å². The molecule has 1 aliphatic heterocycles. The van der Waals surface area contributed by atoms with Crippen LogP contribution in [0.4, 0.5) is 0 Å². The lowest BCUT2D eigenvalue weighted by Crippen LogP contribution is -2.27. The van der Waals surface area contributed by atoms with Crippen LogP contribution >= 0.6 is 0 Å². The Labute approximate surface area is 163 Å². The number of hydrogen-bond acceptors (Lipinski definition) is 5. The molecular weight excluding hydrogens is 380 g/mol. The standard InChI is InChI=1S/C20H20N2O5S/c1-22-12-17(18(23)20(22)25)19(24)21-11-13-4-3-5-15(10-13)14-6-8-16(9-7-14)28(2,26)27/h3-10,23H,11-12H2,1-2H3,(H,21,24). The maximum absolute atomic E-state index is 12.2. The Morgan fingerprint density at radius 2 is 1.82 bits per heavy atom. The Kier molecular flexibility index (Phi) is 5.24. The van der Waals surface area contributed by atoms with Crippen LogP contribution in [0.15, 0.2) is 64.8 Å². The summed E-state index contributed by atoms with van der Waals surface area (Å²) in [6.45, 7) is 0.298. The van der Waals surface area contributed by atoms with Crippen molar-refractivity contribution in [3.05, 3.63) is 65.4 Å². The first-order valence-electron chi connectivity index (χ1n) is 8.52. The van der Waals surface area contributed by atoms with Gasteiger partial charge in [0.25, 0.3) is 11.8 Å². The molecule has 8 heteroatoms. The number of likely N-dealkylation sites (N-methyl/N-ethyl adjacent to an activating group) is 1. The molecule has 2 aromatic carbocycles. The minimum Gasteiger partial charge on any atom is -0.503 e. The molecule has 0 aromatic heterocycles. The molecule has 0 bridgehead atoms. The van der Waals surface area contributed by atoms with Crippen molar-refractivity contribution in [1.82, 2.24) is 10.2 Å². The summed E-state index contributed by atoms with van der Waals surface area (Å²) in [5.41, 5.74) is 2.62. The van der Waals surface area contributed by atoms with Gasteiger partial charge < -0.3 is 15.3 Å². The van der Waals surface area contributed by atoms with E-state index in [2.05, 4.69) is 5.32 Å². The van der Waals surface area contributed by atoms with Gasteiger partial charge in [0.1, 0.15) is 0 Å². The molecule has 0 saturated heterocycles. The molecule has 0 atom stereocenters. The molecule has 2 N–H and O–H groups in total. The summed E-state index contributed by atoms with van der Waals surface area (Å²) in [5.74, 6) is -1.57. The van der Waals surface area contributed by atoms with E-state index >= 15 is 0 Å². The topological polar surface area (TPSA) is 104 Å². The fourth-order valence-electron chi connectivity index (χ4n) is 2.92. The Morgan fingerprint density at radius 1 is 1.14 bits per heavy atom. The Bertz CT molecular complexity index is 1070. The molecule has 2 amide bonds. The van der Waals surface area contributed by atoms with E-state index in [0.29, 0.717) is 0 Å². The van der Waals surface area contributed by atoms with Crippen molar-refractivity contribution in [3.8, 4) is 11.1 Å². The number of nitrogens with one attached hydrogen (secondary N) is 1. The van der Waals surface area contributed by atoms with Crippen LogP contribution in [0.3, 0.4) is 0 Å². The Hall–Kier alpha value is -3.13. The second kappa shape index (κ2) is 7.47. The van der Waals surface area contributed by atoms with Crippen molar-refractivity contribution in [2.75, 3.05) is 19.8 Å². The van der Waals surface area contributed by atoms with E-state index in [1.807, 2.05) is 24.3 Å². The summed E-state index contributed by atoms with van der Waals surface area (Å²) in [6.07, 6.45) is 1.16.